The number of piperazine rings is 1. The van der Waals surface area contributed by atoms with E-state index in [0.717, 1.165) is 29.4 Å². The molecule has 0 radical (unpaired) electrons. The fourth-order valence-corrected chi connectivity index (χ4v) is 4.94. The number of rotatable bonds is 7. The van der Waals surface area contributed by atoms with Gasteiger partial charge in [-0.25, -0.2) is 0 Å². The van der Waals surface area contributed by atoms with Gasteiger partial charge in [0, 0.05) is 36.9 Å². The van der Waals surface area contributed by atoms with E-state index in [9.17, 15) is 4.79 Å². The highest BCUT2D eigenvalue weighted by atomic mass is 35.5. The predicted octanol–water partition coefficient (Wildman–Crippen LogP) is 4.68. The zero-order valence-electron chi connectivity index (χ0n) is 18.5. The van der Waals surface area contributed by atoms with Crippen LogP contribution in [-0.2, 0) is 11.3 Å². The number of hydrogen-bond acceptors (Lipinski definition) is 6. The van der Waals surface area contributed by atoms with Crippen LogP contribution in [0.2, 0.25) is 5.02 Å². The summed E-state index contributed by atoms with van der Waals surface area (Å²) in [5.41, 5.74) is 2.26. The fraction of sp³-hybridized carbons (Fsp3) is 0.240. The molecular weight excluding hydrogens is 470 g/mol. The van der Waals surface area contributed by atoms with Crippen LogP contribution < -0.4 is 4.90 Å². The van der Waals surface area contributed by atoms with Gasteiger partial charge in [0.2, 0.25) is 11.7 Å². The molecule has 0 N–H and O–H groups in total. The van der Waals surface area contributed by atoms with Gasteiger partial charge in [-0.2, -0.15) is 0 Å². The van der Waals surface area contributed by atoms with Crippen molar-refractivity contribution in [1.82, 2.24) is 19.7 Å². The lowest BCUT2D eigenvalue weighted by Crippen LogP contribution is -2.49. The average Bonchev–Trinajstić information content (AvgIpc) is 3.54. The van der Waals surface area contributed by atoms with Gasteiger partial charge in [0.25, 0.3) is 0 Å². The Morgan fingerprint density at radius 1 is 0.941 bits per heavy atom. The van der Waals surface area contributed by atoms with Crippen LogP contribution in [0.15, 0.2) is 82.6 Å². The minimum Gasteiger partial charge on any atom is -0.461 e. The van der Waals surface area contributed by atoms with Crippen LogP contribution in [-0.4, -0.2) is 57.5 Å². The monoisotopic (exact) mass is 493 g/mol. The number of thioether (sulfide) groups is 1. The summed E-state index contributed by atoms with van der Waals surface area (Å²) >= 11 is 7.41. The highest BCUT2D eigenvalue weighted by Crippen LogP contribution is 2.26. The Morgan fingerprint density at radius 2 is 1.71 bits per heavy atom. The van der Waals surface area contributed by atoms with Gasteiger partial charge in [-0.1, -0.05) is 53.7 Å². The number of aromatic nitrogens is 3. The Labute approximate surface area is 207 Å². The molecule has 1 aliphatic rings. The van der Waals surface area contributed by atoms with Crippen LogP contribution in [0.1, 0.15) is 5.56 Å². The molecule has 0 unspecified atom stereocenters. The quantitative estimate of drug-likeness (QED) is 0.348. The van der Waals surface area contributed by atoms with Crippen LogP contribution in [0.3, 0.4) is 0 Å². The van der Waals surface area contributed by atoms with Gasteiger partial charge in [0.15, 0.2) is 10.9 Å². The summed E-state index contributed by atoms with van der Waals surface area (Å²) in [7, 11) is 0. The molecule has 4 aromatic rings. The Kier molecular flexibility index (Phi) is 6.87. The normalized spacial score (nSPS) is 13.9. The molecule has 0 bridgehead atoms. The van der Waals surface area contributed by atoms with E-state index in [4.69, 9.17) is 16.0 Å². The Morgan fingerprint density at radius 3 is 2.41 bits per heavy atom. The van der Waals surface area contributed by atoms with E-state index >= 15 is 0 Å². The van der Waals surface area contributed by atoms with Crippen LogP contribution in [0.5, 0.6) is 0 Å². The number of anilines is 1. The average molecular weight is 494 g/mol. The van der Waals surface area contributed by atoms with Gasteiger partial charge >= 0.3 is 0 Å². The van der Waals surface area contributed by atoms with E-state index in [1.54, 1.807) is 6.26 Å². The van der Waals surface area contributed by atoms with Gasteiger partial charge < -0.3 is 14.2 Å². The molecule has 174 valence electrons. The first-order valence-electron chi connectivity index (χ1n) is 11.1. The first-order chi connectivity index (χ1) is 16.7. The van der Waals surface area contributed by atoms with E-state index in [1.165, 1.54) is 11.8 Å². The second kappa shape index (κ2) is 10.4. The Balaban J connectivity index is 1.23. The van der Waals surface area contributed by atoms with Crippen molar-refractivity contribution in [2.45, 2.75) is 11.7 Å². The Bertz CT molecular complexity index is 1220. The van der Waals surface area contributed by atoms with E-state index in [0.29, 0.717) is 42.1 Å². The second-order valence-electron chi connectivity index (χ2n) is 7.99. The third-order valence-electron chi connectivity index (χ3n) is 5.79. The van der Waals surface area contributed by atoms with Crippen LogP contribution in [0.25, 0.3) is 11.6 Å². The molecule has 1 fully saturated rings. The number of furan rings is 1. The molecule has 0 atom stereocenters. The lowest BCUT2D eigenvalue weighted by molar-refractivity contribution is -0.128. The summed E-state index contributed by atoms with van der Waals surface area (Å²) in [6.07, 6.45) is 1.62. The summed E-state index contributed by atoms with van der Waals surface area (Å²) in [6.45, 7) is 3.57. The molecule has 0 saturated carbocycles. The molecule has 1 amide bonds. The van der Waals surface area contributed by atoms with Crippen molar-refractivity contribution in [3.05, 3.63) is 83.6 Å². The van der Waals surface area contributed by atoms with E-state index < -0.39 is 0 Å². The maximum absolute atomic E-state index is 13.0. The molecule has 0 spiro atoms. The van der Waals surface area contributed by atoms with Gasteiger partial charge in [0.1, 0.15) is 0 Å². The first kappa shape index (κ1) is 22.6. The van der Waals surface area contributed by atoms with E-state index in [2.05, 4.69) is 27.2 Å². The van der Waals surface area contributed by atoms with Gasteiger partial charge in [-0.15, -0.1) is 10.2 Å². The van der Waals surface area contributed by atoms with Crippen molar-refractivity contribution in [3.63, 3.8) is 0 Å². The smallest absolute Gasteiger partial charge is 0.233 e. The summed E-state index contributed by atoms with van der Waals surface area (Å²) in [4.78, 5) is 17.2. The molecule has 2 aromatic heterocycles. The van der Waals surface area contributed by atoms with E-state index in [-0.39, 0.29) is 5.91 Å². The summed E-state index contributed by atoms with van der Waals surface area (Å²) in [6, 6.07) is 21.7. The topological polar surface area (TPSA) is 67.4 Å². The number of hydrogen-bond donors (Lipinski definition) is 0. The maximum Gasteiger partial charge on any atom is 0.233 e. The predicted molar refractivity (Wildman–Crippen MR) is 134 cm³/mol. The van der Waals surface area contributed by atoms with E-state index in [1.807, 2.05) is 64.1 Å². The van der Waals surface area contributed by atoms with Crippen molar-refractivity contribution in [1.29, 1.82) is 0 Å². The molecule has 34 heavy (non-hydrogen) atoms. The minimum atomic E-state index is 0.106. The van der Waals surface area contributed by atoms with Crippen LogP contribution in [0, 0.1) is 0 Å². The molecule has 9 heteroatoms. The van der Waals surface area contributed by atoms with Gasteiger partial charge in [0.05, 0.1) is 18.6 Å². The minimum absolute atomic E-state index is 0.106. The van der Waals surface area contributed by atoms with Gasteiger partial charge in [-0.3, -0.25) is 9.36 Å². The number of amides is 1. The second-order valence-corrected chi connectivity index (χ2v) is 9.37. The van der Waals surface area contributed by atoms with Crippen molar-refractivity contribution >= 4 is 35.0 Å². The van der Waals surface area contributed by atoms with Crippen LogP contribution >= 0.6 is 23.4 Å². The molecular formula is C25H24ClN5O2S. The van der Waals surface area contributed by atoms with Gasteiger partial charge in [-0.05, 0) is 42.0 Å². The fourth-order valence-electron chi connectivity index (χ4n) is 3.98. The maximum atomic E-state index is 13.0. The SMILES string of the molecule is O=C(CSc1nnc(-c2ccco2)n1Cc1ccccc1)N1CCN(c2ccc(Cl)cc2)CC1. The lowest BCUT2D eigenvalue weighted by atomic mass is 10.2. The third-order valence-corrected chi connectivity index (χ3v) is 6.99. The molecule has 5 rings (SSSR count). The number of benzene rings is 2. The molecule has 1 aliphatic heterocycles. The number of carbonyl (C=O) groups excluding carboxylic acids is 1. The van der Waals surface area contributed by atoms with Crippen molar-refractivity contribution in [2.24, 2.45) is 0 Å². The Hall–Kier alpha value is -3.23. The molecule has 3 heterocycles. The number of nitrogens with zero attached hydrogens (tertiary/aromatic N) is 5. The summed E-state index contributed by atoms with van der Waals surface area (Å²) in [5, 5.41) is 10.1. The zero-order valence-corrected chi connectivity index (χ0v) is 20.1. The lowest BCUT2D eigenvalue weighted by Gasteiger charge is -2.36. The highest BCUT2D eigenvalue weighted by Gasteiger charge is 2.23. The van der Waals surface area contributed by atoms with Crippen LogP contribution in [0.4, 0.5) is 5.69 Å². The molecule has 1 saturated heterocycles. The van der Waals surface area contributed by atoms with Crippen molar-refractivity contribution < 1.29 is 9.21 Å². The molecule has 7 nitrogen and oxygen atoms in total. The largest absolute Gasteiger partial charge is 0.461 e. The number of halogens is 1. The molecule has 0 aliphatic carbocycles. The summed E-state index contributed by atoms with van der Waals surface area (Å²) in [5.74, 6) is 1.72. The standard InChI is InChI=1S/C25H24ClN5O2S/c26-20-8-10-21(11-9-20)29-12-14-30(15-13-29)23(32)18-34-25-28-27-24(22-7-4-16-33-22)31(25)17-19-5-2-1-3-6-19/h1-11,16H,12-15,17-18H2. The number of carbonyl (C=O) groups is 1. The first-order valence-corrected chi connectivity index (χ1v) is 12.5. The highest BCUT2D eigenvalue weighted by molar-refractivity contribution is 7.99. The van der Waals surface area contributed by atoms with Crippen molar-refractivity contribution in [3.8, 4) is 11.6 Å². The third kappa shape index (κ3) is 5.13. The van der Waals surface area contributed by atoms with Crippen molar-refractivity contribution in [2.75, 3.05) is 36.8 Å². The summed E-state index contributed by atoms with van der Waals surface area (Å²) < 4.78 is 7.57. The zero-order chi connectivity index (χ0) is 23.3. The molecule has 2 aromatic carbocycles.